The van der Waals surface area contributed by atoms with Crippen molar-refractivity contribution in [2.24, 2.45) is 5.92 Å². The van der Waals surface area contributed by atoms with Crippen LogP contribution in [0.5, 0.6) is 0 Å². The number of rotatable bonds is 14. The molecule has 11 nitrogen and oxygen atoms in total. The third kappa shape index (κ3) is 8.49. The molecule has 2 N–H and O–H groups in total. The molecule has 0 aliphatic carbocycles. The molecule has 13 heteroatoms. The van der Waals surface area contributed by atoms with E-state index in [1.54, 1.807) is 24.3 Å². The minimum atomic E-state index is -3.58. The largest absolute Gasteiger partial charge is 0.342 e. The fraction of sp³-hybridized carbons (Fsp3) is 0.667. The van der Waals surface area contributed by atoms with Crippen LogP contribution >= 0.6 is 12.4 Å². The number of nitrogens with one attached hydrogen (secondary N) is 2. The molecule has 2 saturated heterocycles. The Labute approximate surface area is 281 Å². The van der Waals surface area contributed by atoms with Crippen LogP contribution in [0.15, 0.2) is 29.2 Å². The number of carbonyl (C=O) groups excluding carboxylic acids is 2. The lowest BCUT2D eigenvalue weighted by molar-refractivity contribution is -0.161. The minimum absolute atomic E-state index is 0. The van der Waals surface area contributed by atoms with Gasteiger partial charge in [-0.3, -0.25) is 14.5 Å². The number of unbranched alkanes of at least 4 members (excludes halogenated alkanes) is 1. The SMILES string of the molecule is CCCCN1C(=O)[C@H](CC(C)C)NC(=O)C12CCN(Cc1c(C)nn(-c3ccc(S(=O)(=O)NCCCN(C)C)cc3)c1C)CC2.Cl. The van der Waals surface area contributed by atoms with Gasteiger partial charge in [0.15, 0.2) is 0 Å². The summed E-state index contributed by atoms with van der Waals surface area (Å²) in [7, 11) is 0.340. The molecule has 0 saturated carbocycles. The normalized spacial score (nSPS) is 18.8. The zero-order valence-corrected chi connectivity index (χ0v) is 30.3. The van der Waals surface area contributed by atoms with E-state index in [2.05, 4.69) is 35.7 Å². The monoisotopic (exact) mass is 679 g/mol. The lowest BCUT2D eigenvalue weighted by Crippen LogP contribution is -2.73. The Morgan fingerprint density at radius 2 is 1.74 bits per heavy atom. The summed E-state index contributed by atoms with van der Waals surface area (Å²) < 4.78 is 30.1. The van der Waals surface area contributed by atoms with Gasteiger partial charge in [-0.1, -0.05) is 27.2 Å². The number of aromatic nitrogens is 2. The smallest absolute Gasteiger partial charge is 0.246 e. The van der Waals surface area contributed by atoms with E-state index in [1.807, 2.05) is 42.4 Å². The maximum Gasteiger partial charge on any atom is 0.246 e. The highest BCUT2D eigenvalue weighted by atomic mass is 35.5. The maximum atomic E-state index is 13.6. The van der Waals surface area contributed by atoms with Crippen LogP contribution in [0.1, 0.15) is 76.2 Å². The number of piperidine rings is 1. The molecule has 3 heterocycles. The van der Waals surface area contributed by atoms with Gasteiger partial charge in [0.2, 0.25) is 21.8 Å². The molecule has 2 aliphatic rings. The summed E-state index contributed by atoms with van der Waals surface area (Å²) in [5.41, 5.74) is 3.05. The molecule has 2 aromatic rings. The molecule has 0 radical (unpaired) electrons. The van der Waals surface area contributed by atoms with Crippen LogP contribution in [0.2, 0.25) is 0 Å². The molecule has 2 fully saturated rings. The van der Waals surface area contributed by atoms with Crippen molar-refractivity contribution in [1.82, 2.24) is 34.5 Å². The van der Waals surface area contributed by atoms with Crippen LogP contribution in [-0.4, -0.2) is 103 Å². The number of sulfonamides is 1. The number of nitrogens with zero attached hydrogens (tertiary/aromatic N) is 5. The highest BCUT2D eigenvalue weighted by Gasteiger charge is 2.53. The van der Waals surface area contributed by atoms with Crippen LogP contribution in [-0.2, 0) is 26.2 Å². The van der Waals surface area contributed by atoms with E-state index in [0.717, 1.165) is 48.4 Å². The Kier molecular flexibility index (Phi) is 13.2. The Balaban J connectivity index is 0.00000576. The summed E-state index contributed by atoms with van der Waals surface area (Å²) >= 11 is 0. The van der Waals surface area contributed by atoms with Gasteiger partial charge in [0.05, 0.1) is 16.3 Å². The first kappa shape index (κ1) is 37.9. The predicted octanol–water partition coefficient (Wildman–Crippen LogP) is 3.65. The summed E-state index contributed by atoms with van der Waals surface area (Å²) in [4.78, 5) is 33.7. The van der Waals surface area contributed by atoms with Gasteiger partial charge in [-0.15, -0.1) is 12.4 Å². The number of hydrogen-bond acceptors (Lipinski definition) is 7. The van der Waals surface area contributed by atoms with Gasteiger partial charge in [-0.2, -0.15) is 5.10 Å². The molecule has 46 heavy (non-hydrogen) atoms. The Bertz CT molecular complexity index is 1430. The number of carbonyl (C=O) groups is 2. The maximum absolute atomic E-state index is 13.6. The molecule has 1 aromatic carbocycles. The van der Waals surface area contributed by atoms with Crippen LogP contribution in [0.25, 0.3) is 5.69 Å². The summed E-state index contributed by atoms with van der Waals surface area (Å²) in [5, 5.41) is 7.89. The van der Waals surface area contributed by atoms with Crippen molar-refractivity contribution >= 4 is 34.2 Å². The summed E-state index contributed by atoms with van der Waals surface area (Å²) in [5.74, 6) is 0.386. The molecule has 1 aromatic heterocycles. The van der Waals surface area contributed by atoms with Crippen LogP contribution in [0.4, 0.5) is 0 Å². The van der Waals surface area contributed by atoms with Crippen molar-refractivity contribution in [1.29, 1.82) is 0 Å². The first-order valence-electron chi connectivity index (χ1n) is 16.4. The fourth-order valence-electron chi connectivity index (χ4n) is 6.56. The Morgan fingerprint density at radius 1 is 1.09 bits per heavy atom. The second kappa shape index (κ2) is 16.1. The van der Waals surface area contributed by atoms with E-state index in [9.17, 15) is 18.0 Å². The molecule has 4 rings (SSSR count). The van der Waals surface area contributed by atoms with Crippen LogP contribution in [0, 0.1) is 19.8 Å². The van der Waals surface area contributed by atoms with E-state index < -0.39 is 21.6 Å². The summed E-state index contributed by atoms with van der Waals surface area (Å²) in [6, 6.07) is 6.39. The lowest BCUT2D eigenvalue weighted by atomic mass is 9.80. The van der Waals surface area contributed by atoms with Crippen molar-refractivity contribution in [2.75, 3.05) is 46.8 Å². The second-order valence-electron chi connectivity index (χ2n) is 13.4. The van der Waals surface area contributed by atoms with Crippen LogP contribution < -0.4 is 10.0 Å². The molecule has 2 amide bonds. The van der Waals surface area contributed by atoms with E-state index in [0.29, 0.717) is 57.9 Å². The predicted molar refractivity (Wildman–Crippen MR) is 184 cm³/mol. The zero-order valence-electron chi connectivity index (χ0n) is 28.6. The fourth-order valence-corrected chi connectivity index (χ4v) is 7.63. The average molecular weight is 680 g/mol. The Morgan fingerprint density at radius 3 is 2.33 bits per heavy atom. The number of amides is 2. The zero-order chi connectivity index (χ0) is 32.9. The quantitative estimate of drug-likeness (QED) is 0.293. The standard InChI is InChI=1S/C33H53N7O4S.ClH/c1-8-9-19-39-31(41)30(22-24(2)3)35-32(42)33(39)15-20-38(21-16-33)23-29-25(4)36-40(26(29)5)27-11-13-28(14-12-27)45(43,44)34-17-10-18-37(6)7;/h11-14,24,30,34H,8-10,15-23H2,1-7H3,(H,35,42);1H/t30-;/m0./s1. The molecule has 2 aliphatic heterocycles. The molecule has 1 atom stereocenters. The van der Waals surface area contributed by atoms with Gasteiger partial charge in [0.25, 0.3) is 0 Å². The highest BCUT2D eigenvalue weighted by Crippen LogP contribution is 2.35. The first-order chi connectivity index (χ1) is 21.3. The van der Waals surface area contributed by atoms with Crippen molar-refractivity contribution in [3.63, 3.8) is 0 Å². The third-order valence-electron chi connectivity index (χ3n) is 9.22. The molecular formula is C33H54ClN7O4S. The number of hydrogen-bond donors (Lipinski definition) is 2. The van der Waals surface area contributed by atoms with Crippen LogP contribution in [0.3, 0.4) is 0 Å². The molecule has 1 spiro atoms. The number of likely N-dealkylation sites (tertiary alicyclic amines) is 1. The van der Waals surface area contributed by atoms with Gasteiger partial charge in [-0.05, 0) is 96.8 Å². The third-order valence-corrected chi connectivity index (χ3v) is 10.7. The van der Waals surface area contributed by atoms with Crippen molar-refractivity contribution in [3.05, 3.63) is 41.2 Å². The lowest BCUT2D eigenvalue weighted by Gasteiger charge is -2.52. The number of aryl methyl sites for hydroxylation is 1. The highest BCUT2D eigenvalue weighted by molar-refractivity contribution is 7.89. The first-order valence-corrected chi connectivity index (χ1v) is 17.9. The topological polar surface area (TPSA) is 120 Å². The molecule has 0 unspecified atom stereocenters. The van der Waals surface area contributed by atoms with E-state index in [4.69, 9.17) is 5.10 Å². The van der Waals surface area contributed by atoms with Gasteiger partial charge >= 0.3 is 0 Å². The Hall–Kier alpha value is -2.51. The minimum Gasteiger partial charge on any atom is -0.342 e. The van der Waals surface area contributed by atoms with Crippen molar-refractivity contribution < 1.29 is 18.0 Å². The van der Waals surface area contributed by atoms with E-state index in [-0.39, 0.29) is 29.1 Å². The van der Waals surface area contributed by atoms with Crippen molar-refractivity contribution in [2.45, 2.75) is 96.2 Å². The molecule has 0 bridgehead atoms. The van der Waals surface area contributed by atoms with Crippen molar-refractivity contribution in [3.8, 4) is 5.69 Å². The summed E-state index contributed by atoms with van der Waals surface area (Å²) in [6.07, 6.45) is 4.46. The van der Waals surface area contributed by atoms with E-state index >= 15 is 0 Å². The average Bonchev–Trinajstić information content (AvgIpc) is 3.27. The second-order valence-corrected chi connectivity index (χ2v) is 15.2. The number of halogens is 1. The summed E-state index contributed by atoms with van der Waals surface area (Å²) in [6.45, 7) is 14.2. The number of piperazine rings is 1. The van der Waals surface area contributed by atoms with E-state index in [1.165, 1.54) is 0 Å². The molecular weight excluding hydrogens is 626 g/mol. The van der Waals surface area contributed by atoms with Gasteiger partial charge < -0.3 is 15.1 Å². The number of benzene rings is 1. The molecule has 258 valence electrons. The van der Waals surface area contributed by atoms with Gasteiger partial charge in [0, 0.05) is 44.0 Å². The van der Waals surface area contributed by atoms with Gasteiger partial charge in [0.1, 0.15) is 11.6 Å². The van der Waals surface area contributed by atoms with Gasteiger partial charge in [-0.25, -0.2) is 17.8 Å².